The molecule has 0 aliphatic heterocycles. The molecular weight excluding hydrogens is 995 g/mol. The summed E-state index contributed by atoms with van der Waals surface area (Å²) in [7, 11) is 0. The van der Waals surface area contributed by atoms with Crippen molar-refractivity contribution in [1.82, 2.24) is 5.32 Å². The zero-order chi connectivity index (χ0) is 58.5. The van der Waals surface area contributed by atoms with Gasteiger partial charge in [0.1, 0.15) is 0 Å². The number of esters is 1. The fourth-order valence-corrected chi connectivity index (χ4v) is 11.9. The lowest BCUT2D eigenvalue weighted by Gasteiger charge is -2.22. The largest absolute Gasteiger partial charge is 0.466 e. The van der Waals surface area contributed by atoms with E-state index in [2.05, 4.69) is 43.5 Å². The average molecular weight is 1140 g/mol. The van der Waals surface area contributed by atoms with Crippen molar-refractivity contribution in [2.24, 2.45) is 0 Å². The molecule has 0 aliphatic carbocycles. The number of carbonyl (C=O) groups is 2. The summed E-state index contributed by atoms with van der Waals surface area (Å²) in [6, 6.07) is -0.538. The maximum atomic E-state index is 12.5. The molecule has 0 spiro atoms. The van der Waals surface area contributed by atoms with E-state index in [9.17, 15) is 19.8 Å². The van der Waals surface area contributed by atoms with Gasteiger partial charge in [0.15, 0.2) is 0 Å². The predicted molar refractivity (Wildman–Crippen MR) is 356 cm³/mol. The molecule has 2 unspecified atom stereocenters. The second-order valence-corrected chi connectivity index (χ2v) is 25.6. The maximum absolute atomic E-state index is 12.5. The number of carbonyl (C=O) groups excluding carboxylic acids is 2. The minimum absolute atomic E-state index is 0.00692. The van der Waals surface area contributed by atoms with Crippen LogP contribution in [0, 0.1) is 0 Å². The standard InChI is InChI=1S/C75H145NO5/c1-3-5-7-9-11-13-15-17-18-19-37-40-44-47-51-55-59-63-67-73(78)72(71-77)76-74(79)68-64-60-56-52-48-45-41-38-35-33-31-29-27-25-23-21-20-22-24-26-28-30-32-34-36-39-42-46-50-54-58-62-66-70-81-75(80)69-65-61-57-53-49-43-16-14-12-10-8-6-4-2/h8,10,14,16,72-73,77-78H,3-7,9,11-13,15,17-71H2,1-2H3,(H,76,79)/b10-8-,16-14-. The quantitative estimate of drug-likeness (QED) is 0.0320. The molecule has 0 aromatic rings. The molecule has 1 amide bonds. The molecule has 0 saturated carbocycles. The number of amides is 1. The van der Waals surface area contributed by atoms with Gasteiger partial charge in [0.05, 0.1) is 25.4 Å². The molecule has 3 N–H and O–H groups in total. The van der Waals surface area contributed by atoms with E-state index in [1.807, 2.05) is 0 Å². The van der Waals surface area contributed by atoms with E-state index in [0.717, 1.165) is 51.4 Å². The molecule has 0 fully saturated rings. The third-order valence-electron chi connectivity index (χ3n) is 17.5. The zero-order valence-electron chi connectivity index (χ0n) is 55.0. The van der Waals surface area contributed by atoms with Gasteiger partial charge < -0.3 is 20.3 Å². The zero-order valence-corrected chi connectivity index (χ0v) is 55.0. The van der Waals surface area contributed by atoms with E-state index < -0.39 is 12.1 Å². The van der Waals surface area contributed by atoms with Crippen LogP contribution in [0.15, 0.2) is 24.3 Å². The molecule has 0 heterocycles. The topological polar surface area (TPSA) is 95.9 Å². The van der Waals surface area contributed by atoms with E-state index in [1.165, 1.54) is 334 Å². The molecule has 0 aromatic heterocycles. The van der Waals surface area contributed by atoms with Gasteiger partial charge in [-0.05, 0) is 51.4 Å². The van der Waals surface area contributed by atoms with Gasteiger partial charge in [-0.2, -0.15) is 0 Å². The third-order valence-corrected chi connectivity index (χ3v) is 17.5. The van der Waals surface area contributed by atoms with Crippen LogP contribution in [-0.2, 0) is 14.3 Å². The lowest BCUT2D eigenvalue weighted by molar-refractivity contribution is -0.143. The lowest BCUT2D eigenvalue weighted by atomic mass is 10.0. The molecule has 81 heavy (non-hydrogen) atoms. The van der Waals surface area contributed by atoms with Crippen molar-refractivity contribution in [3.8, 4) is 0 Å². The highest BCUT2D eigenvalue weighted by molar-refractivity contribution is 5.76. The Morgan fingerprint density at radius 3 is 0.988 bits per heavy atom. The van der Waals surface area contributed by atoms with Crippen LogP contribution in [0.4, 0.5) is 0 Å². The number of nitrogens with one attached hydrogen (secondary N) is 1. The van der Waals surface area contributed by atoms with Gasteiger partial charge in [-0.25, -0.2) is 0 Å². The first kappa shape index (κ1) is 79.3. The second-order valence-electron chi connectivity index (χ2n) is 25.6. The molecule has 0 rings (SSSR count). The Bertz CT molecular complexity index is 1270. The minimum Gasteiger partial charge on any atom is -0.466 e. The minimum atomic E-state index is -0.661. The van der Waals surface area contributed by atoms with Crippen molar-refractivity contribution in [1.29, 1.82) is 0 Å². The van der Waals surface area contributed by atoms with Crippen LogP contribution in [0.2, 0.25) is 0 Å². The van der Waals surface area contributed by atoms with Gasteiger partial charge in [0, 0.05) is 12.8 Å². The van der Waals surface area contributed by atoms with Crippen molar-refractivity contribution < 1.29 is 24.5 Å². The summed E-state index contributed by atoms with van der Waals surface area (Å²) < 4.78 is 5.48. The number of ether oxygens (including phenoxy) is 1. The normalized spacial score (nSPS) is 12.6. The molecule has 6 nitrogen and oxygen atoms in total. The van der Waals surface area contributed by atoms with Gasteiger partial charge in [-0.1, -0.05) is 378 Å². The van der Waals surface area contributed by atoms with Crippen molar-refractivity contribution in [2.75, 3.05) is 13.2 Å². The number of hydrogen-bond donors (Lipinski definition) is 3. The molecule has 6 heteroatoms. The van der Waals surface area contributed by atoms with E-state index >= 15 is 0 Å². The highest BCUT2D eigenvalue weighted by atomic mass is 16.5. The van der Waals surface area contributed by atoms with Gasteiger partial charge >= 0.3 is 5.97 Å². The summed E-state index contributed by atoms with van der Waals surface area (Å²) in [5.41, 5.74) is 0. The number of aliphatic hydroxyl groups excluding tert-OH is 2. The van der Waals surface area contributed by atoms with E-state index in [4.69, 9.17) is 4.74 Å². The van der Waals surface area contributed by atoms with E-state index in [1.54, 1.807) is 0 Å². The van der Waals surface area contributed by atoms with Gasteiger partial charge in [-0.15, -0.1) is 0 Å². The molecule has 0 aliphatic rings. The van der Waals surface area contributed by atoms with Crippen LogP contribution < -0.4 is 5.32 Å². The molecular formula is C75H145NO5. The second kappa shape index (κ2) is 70.8. The highest BCUT2D eigenvalue weighted by Crippen LogP contribution is 2.20. The van der Waals surface area contributed by atoms with Crippen molar-refractivity contribution >= 4 is 11.9 Å². The first-order valence-electron chi connectivity index (χ1n) is 37.1. The molecule has 0 radical (unpaired) electrons. The number of allylic oxidation sites excluding steroid dienone is 4. The highest BCUT2D eigenvalue weighted by Gasteiger charge is 2.20. The Balaban J connectivity index is 3.32. The van der Waals surface area contributed by atoms with Gasteiger partial charge in [-0.3, -0.25) is 9.59 Å². The lowest BCUT2D eigenvalue weighted by Crippen LogP contribution is -2.45. The fraction of sp³-hybridized carbons (Fsp3) is 0.920. The Hall–Kier alpha value is -1.66. The third kappa shape index (κ3) is 67.3. The summed E-state index contributed by atoms with van der Waals surface area (Å²) in [6.07, 6.45) is 89.7. The Morgan fingerprint density at radius 2 is 0.642 bits per heavy atom. The molecule has 480 valence electrons. The van der Waals surface area contributed by atoms with Crippen LogP contribution in [0.5, 0.6) is 0 Å². The van der Waals surface area contributed by atoms with Crippen LogP contribution >= 0.6 is 0 Å². The molecule has 2 atom stereocenters. The maximum Gasteiger partial charge on any atom is 0.305 e. The predicted octanol–water partition coefficient (Wildman–Crippen LogP) is 24.1. The smallest absolute Gasteiger partial charge is 0.305 e. The number of aliphatic hydroxyl groups is 2. The summed E-state index contributed by atoms with van der Waals surface area (Å²) in [6.45, 7) is 4.93. The summed E-state index contributed by atoms with van der Waals surface area (Å²) in [5, 5.41) is 23.4. The number of rotatable bonds is 70. The van der Waals surface area contributed by atoms with E-state index in [-0.39, 0.29) is 18.5 Å². The summed E-state index contributed by atoms with van der Waals surface area (Å²) in [5.74, 6) is -0.0190. The number of unbranched alkanes of at least 4 members (excludes halogenated alkanes) is 55. The Kier molecular flexibility index (Phi) is 69.4. The molecule has 0 saturated heterocycles. The van der Waals surface area contributed by atoms with Crippen LogP contribution in [0.3, 0.4) is 0 Å². The van der Waals surface area contributed by atoms with Crippen molar-refractivity contribution in [3.63, 3.8) is 0 Å². The van der Waals surface area contributed by atoms with Gasteiger partial charge in [0.25, 0.3) is 0 Å². The molecule has 0 bridgehead atoms. The van der Waals surface area contributed by atoms with Crippen molar-refractivity contribution in [3.05, 3.63) is 24.3 Å². The Morgan fingerprint density at radius 1 is 0.346 bits per heavy atom. The van der Waals surface area contributed by atoms with Crippen molar-refractivity contribution in [2.45, 2.75) is 431 Å². The van der Waals surface area contributed by atoms with Crippen LogP contribution in [0.1, 0.15) is 418 Å². The fourth-order valence-electron chi connectivity index (χ4n) is 11.9. The first-order valence-corrected chi connectivity index (χ1v) is 37.1. The Labute approximate surface area is 507 Å². The van der Waals surface area contributed by atoms with Gasteiger partial charge in [0.2, 0.25) is 5.91 Å². The van der Waals surface area contributed by atoms with Crippen LogP contribution in [0.25, 0.3) is 0 Å². The number of hydrogen-bond acceptors (Lipinski definition) is 5. The molecule has 0 aromatic carbocycles. The average Bonchev–Trinajstić information content (AvgIpc) is 3.47. The van der Waals surface area contributed by atoms with Crippen LogP contribution in [-0.4, -0.2) is 47.4 Å². The monoisotopic (exact) mass is 1140 g/mol. The van der Waals surface area contributed by atoms with E-state index in [0.29, 0.717) is 25.9 Å². The SMILES string of the molecule is CCC/C=C\C/C=C\CCCCCCCC(=O)OCCCCCCCCCCCCCCCCCCCCCCCCCCCCCCCCCCCC(=O)NC(CO)C(O)CCCCCCCCCCCCCCCCCCCC. The summed E-state index contributed by atoms with van der Waals surface area (Å²) >= 11 is 0. The first-order chi connectivity index (χ1) is 40.0. The summed E-state index contributed by atoms with van der Waals surface area (Å²) in [4.78, 5) is 24.6.